The van der Waals surface area contributed by atoms with Crippen LogP contribution < -0.4 is 4.74 Å². The number of nitrogens with zero attached hydrogens (tertiary/aromatic N) is 1. The first-order valence-corrected chi connectivity index (χ1v) is 10.6. The van der Waals surface area contributed by atoms with Gasteiger partial charge >= 0.3 is 0 Å². The number of rotatable bonds is 7. The zero-order chi connectivity index (χ0) is 19.4. The Morgan fingerprint density at radius 1 is 1.04 bits per heavy atom. The Hall–Kier alpha value is -2.28. The number of benzene rings is 3. The Kier molecular flexibility index (Phi) is 5.89. The first kappa shape index (κ1) is 19.5. The van der Waals surface area contributed by atoms with E-state index in [-0.39, 0.29) is 10.9 Å². The van der Waals surface area contributed by atoms with Gasteiger partial charge < -0.3 is 4.74 Å². The van der Waals surface area contributed by atoms with Crippen molar-refractivity contribution in [3.8, 4) is 5.75 Å². The Balaban J connectivity index is 1.97. The molecule has 0 saturated heterocycles. The van der Waals surface area contributed by atoms with Crippen molar-refractivity contribution in [1.29, 1.82) is 0 Å². The van der Waals surface area contributed by atoms with Crippen molar-refractivity contribution in [3.63, 3.8) is 0 Å². The summed E-state index contributed by atoms with van der Waals surface area (Å²) in [6.45, 7) is 5.58. The summed E-state index contributed by atoms with van der Waals surface area (Å²) < 4.78 is 32.9. The zero-order valence-corrected chi connectivity index (χ0v) is 16.8. The monoisotopic (exact) mass is 399 g/mol. The van der Waals surface area contributed by atoms with Crippen molar-refractivity contribution in [2.75, 3.05) is 7.11 Å². The molecule has 0 N–H and O–H groups in total. The molecule has 140 valence electrons. The van der Waals surface area contributed by atoms with E-state index in [1.165, 1.54) is 15.7 Å². The number of hydrogen-bond acceptors (Lipinski definition) is 4. The van der Waals surface area contributed by atoms with Crippen molar-refractivity contribution in [3.05, 3.63) is 79.4 Å². The minimum absolute atomic E-state index is 0.213. The number of fused-ring (bicyclic) bond motifs is 1. The molecule has 0 aliphatic carbocycles. The average Bonchev–Trinajstić information content (AvgIpc) is 2.71. The van der Waals surface area contributed by atoms with Gasteiger partial charge in [0.15, 0.2) is 0 Å². The second kappa shape index (κ2) is 8.17. The summed E-state index contributed by atoms with van der Waals surface area (Å²) in [5.74, 6) is 0.611. The molecule has 0 aliphatic heterocycles. The molecular formula is C21H21NO3S2. The molecule has 3 aromatic rings. The third kappa shape index (κ3) is 4.18. The maximum atomic E-state index is 13.2. The molecule has 3 rings (SSSR count). The number of hydrogen-bond donors (Lipinski definition) is 0. The van der Waals surface area contributed by atoms with Crippen LogP contribution in [-0.2, 0) is 10.0 Å². The predicted molar refractivity (Wildman–Crippen MR) is 111 cm³/mol. The molecule has 0 amide bonds. The Morgan fingerprint density at radius 2 is 1.70 bits per heavy atom. The lowest BCUT2D eigenvalue weighted by Crippen LogP contribution is -2.31. The zero-order valence-electron chi connectivity index (χ0n) is 15.2. The normalized spacial score (nSPS) is 12.9. The minimum atomic E-state index is -3.72. The third-order valence-corrected chi connectivity index (χ3v) is 7.65. The van der Waals surface area contributed by atoms with E-state index in [0.29, 0.717) is 5.75 Å². The Labute approximate surface area is 164 Å². The standard InChI is InChI=1S/C21H21NO3S2/c1-4-16(2)22(27(23,24)21-13-10-19(25-3)11-14-21)26-20-12-9-17-7-5-6-8-18(17)15-20/h4-16H,1H2,2-3H3. The molecule has 0 radical (unpaired) electrons. The molecule has 1 unspecified atom stereocenters. The summed E-state index contributed by atoms with van der Waals surface area (Å²) >= 11 is 1.19. The number of sulfonamides is 1. The fraction of sp³-hybridized carbons (Fsp3) is 0.143. The van der Waals surface area contributed by atoms with Gasteiger partial charge in [0.05, 0.1) is 18.0 Å². The molecule has 0 aliphatic rings. The van der Waals surface area contributed by atoms with Crippen LogP contribution in [0.5, 0.6) is 5.75 Å². The van der Waals surface area contributed by atoms with Crippen LogP contribution in [0.4, 0.5) is 0 Å². The quantitative estimate of drug-likeness (QED) is 0.409. The van der Waals surface area contributed by atoms with Crippen LogP contribution in [0.15, 0.2) is 89.2 Å². The fourth-order valence-electron chi connectivity index (χ4n) is 2.62. The summed E-state index contributed by atoms with van der Waals surface area (Å²) in [5, 5.41) is 2.18. The Morgan fingerprint density at radius 3 is 2.33 bits per heavy atom. The highest BCUT2D eigenvalue weighted by molar-refractivity contribution is 8.08. The molecule has 0 spiro atoms. The van der Waals surface area contributed by atoms with Gasteiger partial charge in [-0.25, -0.2) is 8.42 Å². The fourth-order valence-corrected chi connectivity index (χ4v) is 5.51. The van der Waals surface area contributed by atoms with Gasteiger partial charge in [-0.1, -0.05) is 36.4 Å². The average molecular weight is 400 g/mol. The second-order valence-electron chi connectivity index (χ2n) is 6.01. The van der Waals surface area contributed by atoms with E-state index < -0.39 is 10.0 Å². The third-order valence-electron chi connectivity index (χ3n) is 4.18. The molecular weight excluding hydrogens is 378 g/mol. The van der Waals surface area contributed by atoms with E-state index in [1.807, 2.05) is 49.4 Å². The summed E-state index contributed by atoms with van der Waals surface area (Å²) in [6.07, 6.45) is 1.62. The molecule has 6 heteroatoms. The maximum Gasteiger partial charge on any atom is 0.253 e. The van der Waals surface area contributed by atoms with Crippen LogP contribution in [0.1, 0.15) is 6.92 Å². The molecule has 27 heavy (non-hydrogen) atoms. The van der Waals surface area contributed by atoms with Gasteiger partial charge in [0, 0.05) is 4.90 Å². The molecule has 0 bridgehead atoms. The minimum Gasteiger partial charge on any atom is -0.497 e. The van der Waals surface area contributed by atoms with Gasteiger partial charge in [0.25, 0.3) is 10.0 Å². The van der Waals surface area contributed by atoms with Gasteiger partial charge in [-0.15, -0.1) is 10.3 Å². The van der Waals surface area contributed by atoms with Crippen molar-refractivity contribution < 1.29 is 13.2 Å². The highest BCUT2D eigenvalue weighted by Gasteiger charge is 2.29. The second-order valence-corrected chi connectivity index (χ2v) is 9.11. The molecule has 0 aromatic heterocycles. The highest BCUT2D eigenvalue weighted by atomic mass is 32.3. The topological polar surface area (TPSA) is 46.6 Å². The van der Waals surface area contributed by atoms with E-state index in [9.17, 15) is 8.42 Å². The van der Waals surface area contributed by atoms with Crippen molar-refractivity contribution in [2.24, 2.45) is 0 Å². The molecule has 0 saturated carbocycles. The van der Waals surface area contributed by atoms with Crippen LogP contribution in [0.2, 0.25) is 0 Å². The lowest BCUT2D eigenvalue weighted by molar-refractivity contribution is 0.414. The first-order chi connectivity index (χ1) is 13.0. The van der Waals surface area contributed by atoms with E-state index in [4.69, 9.17) is 4.74 Å². The van der Waals surface area contributed by atoms with Crippen LogP contribution in [-0.4, -0.2) is 25.3 Å². The summed E-state index contributed by atoms with van der Waals surface area (Å²) in [7, 11) is -2.17. The summed E-state index contributed by atoms with van der Waals surface area (Å²) in [4.78, 5) is 1.06. The van der Waals surface area contributed by atoms with Crippen LogP contribution >= 0.6 is 11.9 Å². The highest BCUT2D eigenvalue weighted by Crippen LogP contribution is 2.34. The van der Waals surface area contributed by atoms with Crippen LogP contribution in [0.25, 0.3) is 10.8 Å². The van der Waals surface area contributed by atoms with Crippen LogP contribution in [0.3, 0.4) is 0 Å². The maximum absolute atomic E-state index is 13.2. The number of ether oxygens (including phenoxy) is 1. The molecule has 0 heterocycles. The van der Waals surface area contributed by atoms with E-state index in [0.717, 1.165) is 15.7 Å². The van der Waals surface area contributed by atoms with E-state index >= 15 is 0 Å². The summed E-state index contributed by atoms with van der Waals surface area (Å²) in [5.41, 5.74) is 0. The Bertz CT molecular complexity index is 1050. The number of methoxy groups -OCH3 is 1. The van der Waals surface area contributed by atoms with Gasteiger partial charge in [-0.3, -0.25) is 0 Å². The van der Waals surface area contributed by atoms with Crippen molar-refractivity contribution >= 4 is 32.7 Å². The first-order valence-electron chi connectivity index (χ1n) is 8.43. The van der Waals surface area contributed by atoms with E-state index in [1.54, 1.807) is 37.5 Å². The summed E-state index contributed by atoms with van der Waals surface area (Å²) in [6, 6.07) is 19.9. The smallest absolute Gasteiger partial charge is 0.253 e. The molecule has 3 aromatic carbocycles. The van der Waals surface area contributed by atoms with E-state index in [2.05, 4.69) is 6.58 Å². The predicted octanol–water partition coefficient (Wildman–Crippen LogP) is 5.12. The van der Waals surface area contributed by atoms with Crippen LogP contribution in [0, 0.1) is 0 Å². The van der Waals surface area contributed by atoms with Gasteiger partial charge in [0.2, 0.25) is 0 Å². The lowest BCUT2D eigenvalue weighted by Gasteiger charge is -2.25. The van der Waals surface area contributed by atoms with Gasteiger partial charge in [-0.2, -0.15) is 0 Å². The largest absolute Gasteiger partial charge is 0.497 e. The van der Waals surface area contributed by atoms with Gasteiger partial charge in [-0.05, 0) is 66.0 Å². The molecule has 1 atom stereocenters. The van der Waals surface area contributed by atoms with Crippen molar-refractivity contribution in [2.45, 2.75) is 22.8 Å². The lowest BCUT2D eigenvalue weighted by atomic mass is 10.1. The van der Waals surface area contributed by atoms with Gasteiger partial charge in [0.1, 0.15) is 5.75 Å². The SMILES string of the molecule is C=CC(C)N(Sc1ccc2ccccc2c1)S(=O)(=O)c1ccc(OC)cc1. The molecule has 0 fully saturated rings. The van der Waals surface area contributed by atoms with Crippen molar-refractivity contribution in [1.82, 2.24) is 3.71 Å². The molecule has 4 nitrogen and oxygen atoms in total.